The molecule has 4 N–H and O–H groups in total. The van der Waals surface area contributed by atoms with E-state index in [1.807, 2.05) is 0 Å². The molecule has 0 aromatic heterocycles. The van der Waals surface area contributed by atoms with E-state index in [4.69, 9.17) is 22.1 Å². The minimum atomic E-state index is -0.157. The van der Waals surface area contributed by atoms with Crippen LogP contribution in [0.5, 0.6) is 5.75 Å². The molecule has 2 heterocycles. The Kier molecular flexibility index (Phi) is 3.71. The maximum atomic E-state index is 12.6. The lowest BCUT2D eigenvalue weighted by Crippen LogP contribution is -2.64. The first kappa shape index (κ1) is 14.5. The van der Waals surface area contributed by atoms with E-state index >= 15 is 0 Å². The van der Waals surface area contributed by atoms with Crippen LogP contribution in [0.15, 0.2) is 12.1 Å². The van der Waals surface area contributed by atoms with Crippen molar-refractivity contribution in [3.63, 3.8) is 0 Å². The van der Waals surface area contributed by atoms with Gasteiger partial charge in [-0.2, -0.15) is 0 Å². The summed E-state index contributed by atoms with van der Waals surface area (Å²) in [6.45, 7) is 0.828. The number of hydrogen-bond acceptors (Lipinski definition) is 4. The van der Waals surface area contributed by atoms with Crippen LogP contribution in [0.25, 0.3) is 0 Å². The Morgan fingerprint density at radius 3 is 2.76 bits per heavy atom. The molecule has 5 nitrogen and oxygen atoms in total. The first-order chi connectivity index (χ1) is 10.0. The fourth-order valence-electron chi connectivity index (χ4n) is 3.28. The molecule has 1 saturated carbocycles. The van der Waals surface area contributed by atoms with Gasteiger partial charge in [-0.15, -0.1) is 0 Å². The van der Waals surface area contributed by atoms with Gasteiger partial charge in [-0.3, -0.25) is 4.79 Å². The summed E-state index contributed by atoms with van der Waals surface area (Å²) in [4.78, 5) is 12.6. The van der Waals surface area contributed by atoms with E-state index in [0.29, 0.717) is 28.1 Å². The van der Waals surface area contributed by atoms with Crippen LogP contribution in [0, 0.1) is 0 Å². The number of rotatable bonds is 3. The molecule has 2 aliphatic heterocycles. The second-order valence-corrected chi connectivity index (χ2v) is 6.37. The van der Waals surface area contributed by atoms with Gasteiger partial charge in [0, 0.05) is 18.7 Å². The van der Waals surface area contributed by atoms with Crippen LogP contribution in [-0.2, 0) is 0 Å². The van der Waals surface area contributed by atoms with Crippen molar-refractivity contribution in [2.45, 2.75) is 37.3 Å². The van der Waals surface area contributed by atoms with Gasteiger partial charge in [0.15, 0.2) is 0 Å². The third-order valence-electron chi connectivity index (χ3n) is 4.61. The molecule has 3 aliphatic rings. The average Bonchev–Trinajstić information content (AvgIpc) is 2.50. The number of amides is 1. The van der Waals surface area contributed by atoms with Gasteiger partial charge in [-0.1, -0.05) is 11.6 Å². The third-order valence-corrected chi connectivity index (χ3v) is 4.94. The van der Waals surface area contributed by atoms with Gasteiger partial charge < -0.3 is 21.1 Å². The Hall–Kier alpha value is -1.46. The van der Waals surface area contributed by atoms with E-state index in [1.54, 1.807) is 12.1 Å². The van der Waals surface area contributed by atoms with Crippen molar-refractivity contribution in [1.82, 2.24) is 10.6 Å². The zero-order valence-corrected chi connectivity index (χ0v) is 12.8. The van der Waals surface area contributed by atoms with Crippen LogP contribution in [0.1, 0.15) is 36.0 Å². The second-order valence-electron chi connectivity index (χ2n) is 5.96. The van der Waals surface area contributed by atoms with Crippen molar-refractivity contribution in [3.05, 3.63) is 22.7 Å². The van der Waals surface area contributed by atoms with Crippen molar-refractivity contribution in [3.8, 4) is 5.75 Å². The number of anilines is 1. The summed E-state index contributed by atoms with van der Waals surface area (Å²) in [5.41, 5.74) is 6.44. The highest BCUT2D eigenvalue weighted by molar-refractivity contribution is 6.33. The van der Waals surface area contributed by atoms with Crippen molar-refractivity contribution < 1.29 is 9.53 Å². The number of benzene rings is 1. The standard InChI is InChI=1S/C15H20ClN3O2/c1-21-13-7-12(17)11(16)6-10(13)14(20)19-15-4-2-9(3-5-15)18-8-15/h6-7,9,18H,2-5,8,17H2,1H3,(H,19,20). The molecule has 0 atom stereocenters. The Morgan fingerprint density at radius 2 is 2.19 bits per heavy atom. The van der Waals surface area contributed by atoms with Gasteiger partial charge in [0.05, 0.1) is 28.9 Å². The van der Waals surface area contributed by atoms with Crippen LogP contribution in [0.3, 0.4) is 0 Å². The van der Waals surface area contributed by atoms with Gasteiger partial charge in [-0.25, -0.2) is 0 Å². The van der Waals surface area contributed by atoms with Gasteiger partial charge >= 0.3 is 0 Å². The molecule has 1 amide bonds. The number of piperidine rings is 2. The zero-order valence-electron chi connectivity index (χ0n) is 12.0. The molecule has 1 aliphatic carbocycles. The first-order valence-corrected chi connectivity index (χ1v) is 7.60. The second kappa shape index (κ2) is 5.39. The monoisotopic (exact) mass is 309 g/mol. The van der Waals surface area contributed by atoms with E-state index < -0.39 is 0 Å². The molecule has 1 aromatic rings. The fourth-order valence-corrected chi connectivity index (χ4v) is 3.45. The van der Waals surface area contributed by atoms with E-state index in [2.05, 4.69) is 10.6 Å². The molecule has 4 rings (SSSR count). The Morgan fingerprint density at radius 1 is 1.48 bits per heavy atom. The largest absolute Gasteiger partial charge is 0.496 e. The quantitative estimate of drug-likeness (QED) is 0.746. The summed E-state index contributed by atoms with van der Waals surface area (Å²) in [6, 6.07) is 3.78. The topological polar surface area (TPSA) is 76.4 Å². The highest BCUT2D eigenvalue weighted by Gasteiger charge is 2.41. The molecule has 6 heteroatoms. The summed E-state index contributed by atoms with van der Waals surface area (Å²) < 4.78 is 5.25. The summed E-state index contributed by atoms with van der Waals surface area (Å²) in [6.07, 6.45) is 4.25. The molecule has 2 saturated heterocycles. The number of fused-ring (bicyclic) bond motifs is 3. The highest BCUT2D eigenvalue weighted by Crippen LogP contribution is 2.34. The number of carbonyl (C=O) groups excluding carboxylic acids is 1. The van der Waals surface area contributed by atoms with E-state index in [1.165, 1.54) is 7.11 Å². The lowest BCUT2D eigenvalue weighted by Gasteiger charge is -2.47. The summed E-state index contributed by atoms with van der Waals surface area (Å²) in [5.74, 6) is 0.291. The molecule has 0 radical (unpaired) electrons. The predicted octanol–water partition coefficient (Wildman–Crippen LogP) is 1.95. The lowest BCUT2D eigenvalue weighted by molar-refractivity contribution is 0.0785. The van der Waals surface area contributed by atoms with Crippen LogP contribution < -0.4 is 21.1 Å². The first-order valence-electron chi connectivity index (χ1n) is 7.22. The molecule has 0 unspecified atom stereocenters. The Bertz CT molecular complexity index is 555. The summed E-state index contributed by atoms with van der Waals surface area (Å²) in [5, 5.41) is 7.01. The van der Waals surface area contributed by atoms with Crippen LogP contribution in [0.4, 0.5) is 5.69 Å². The SMILES string of the molecule is COc1cc(N)c(Cl)cc1C(=O)NC12CCC(CC1)NC2. The van der Waals surface area contributed by atoms with Crippen molar-refractivity contribution in [2.75, 3.05) is 19.4 Å². The smallest absolute Gasteiger partial charge is 0.255 e. The number of nitrogen functional groups attached to an aromatic ring is 1. The molecule has 114 valence electrons. The van der Waals surface area contributed by atoms with Gasteiger partial charge in [0.2, 0.25) is 0 Å². The lowest BCUT2D eigenvalue weighted by atomic mass is 9.75. The normalized spacial score (nSPS) is 27.4. The molecular weight excluding hydrogens is 290 g/mol. The number of nitrogens with two attached hydrogens (primary N) is 1. The molecule has 0 spiro atoms. The number of nitrogens with one attached hydrogen (secondary N) is 2. The maximum absolute atomic E-state index is 12.6. The Balaban J connectivity index is 1.83. The molecular formula is C15H20ClN3O2. The molecule has 2 bridgehead atoms. The predicted molar refractivity (Wildman–Crippen MR) is 82.9 cm³/mol. The number of halogens is 1. The summed E-state index contributed by atoms with van der Waals surface area (Å²) in [7, 11) is 1.52. The molecule has 21 heavy (non-hydrogen) atoms. The minimum Gasteiger partial charge on any atom is -0.496 e. The third kappa shape index (κ3) is 2.68. The van der Waals surface area contributed by atoms with Crippen LogP contribution >= 0.6 is 11.6 Å². The van der Waals surface area contributed by atoms with Crippen LogP contribution in [0.2, 0.25) is 5.02 Å². The Labute approximate surface area is 129 Å². The maximum Gasteiger partial charge on any atom is 0.255 e. The molecule has 1 aromatic carbocycles. The summed E-state index contributed by atoms with van der Waals surface area (Å²) >= 11 is 6.03. The van der Waals surface area contributed by atoms with Crippen molar-refractivity contribution in [2.24, 2.45) is 0 Å². The van der Waals surface area contributed by atoms with Crippen molar-refractivity contribution in [1.29, 1.82) is 0 Å². The fraction of sp³-hybridized carbons (Fsp3) is 0.533. The number of methoxy groups -OCH3 is 1. The van der Waals surface area contributed by atoms with Gasteiger partial charge in [0.1, 0.15) is 5.75 Å². The van der Waals surface area contributed by atoms with E-state index in [-0.39, 0.29) is 11.4 Å². The highest BCUT2D eigenvalue weighted by atomic mass is 35.5. The number of hydrogen-bond donors (Lipinski definition) is 3. The van der Waals surface area contributed by atoms with E-state index in [9.17, 15) is 4.79 Å². The minimum absolute atomic E-state index is 0.148. The molecule has 3 fully saturated rings. The van der Waals surface area contributed by atoms with Crippen LogP contribution in [-0.4, -0.2) is 31.1 Å². The van der Waals surface area contributed by atoms with Crippen molar-refractivity contribution >= 4 is 23.2 Å². The average molecular weight is 310 g/mol. The number of ether oxygens (including phenoxy) is 1. The van der Waals surface area contributed by atoms with E-state index in [0.717, 1.165) is 32.2 Å². The van der Waals surface area contributed by atoms with Gasteiger partial charge in [-0.05, 0) is 31.7 Å². The number of carbonyl (C=O) groups is 1. The zero-order chi connectivity index (χ0) is 15.0. The van der Waals surface area contributed by atoms with Gasteiger partial charge in [0.25, 0.3) is 5.91 Å².